The molecule has 0 spiro atoms. The Labute approximate surface area is 112 Å². The van der Waals surface area contributed by atoms with Gasteiger partial charge >= 0.3 is 0 Å². The first-order valence-corrected chi connectivity index (χ1v) is 5.98. The zero-order valence-electron chi connectivity index (χ0n) is 10.4. The minimum Gasteiger partial charge on any atom is -0.508 e. The van der Waals surface area contributed by atoms with Gasteiger partial charge in [-0.3, -0.25) is 4.79 Å². The summed E-state index contributed by atoms with van der Waals surface area (Å²) in [5.41, 5.74) is 8.01. The van der Waals surface area contributed by atoms with E-state index in [2.05, 4.69) is 0 Å². The molecule has 2 aromatic rings. The molecule has 0 fully saturated rings. The summed E-state index contributed by atoms with van der Waals surface area (Å²) in [4.78, 5) is 11.8. The number of benzene rings is 2. The van der Waals surface area contributed by atoms with Crippen molar-refractivity contribution in [3.05, 3.63) is 65.7 Å². The van der Waals surface area contributed by atoms with Gasteiger partial charge in [0.2, 0.25) is 0 Å². The van der Waals surface area contributed by atoms with Crippen LogP contribution >= 0.6 is 0 Å². The Morgan fingerprint density at radius 3 is 2.58 bits per heavy atom. The molecule has 0 bridgehead atoms. The van der Waals surface area contributed by atoms with Gasteiger partial charge in [-0.1, -0.05) is 30.3 Å². The van der Waals surface area contributed by atoms with Crippen molar-refractivity contribution in [2.75, 3.05) is 5.73 Å². The summed E-state index contributed by atoms with van der Waals surface area (Å²) in [6.45, 7) is 0. The summed E-state index contributed by atoms with van der Waals surface area (Å²) in [6.07, 6.45) is 3.57. The van der Waals surface area contributed by atoms with Crippen molar-refractivity contribution in [3.8, 4) is 5.75 Å². The lowest BCUT2D eigenvalue weighted by Crippen LogP contribution is -1.97. The van der Waals surface area contributed by atoms with Gasteiger partial charge in [0.1, 0.15) is 5.75 Å². The van der Waals surface area contributed by atoms with Crippen LogP contribution in [-0.4, -0.2) is 10.9 Å². The maximum atomic E-state index is 11.8. The number of aromatic hydroxyl groups is 1. The number of hydrogen-bond acceptors (Lipinski definition) is 3. The molecule has 0 radical (unpaired) electrons. The number of nitrogens with two attached hydrogens (primary N) is 1. The number of phenols is 1. The first-order valence-electron chi connectivity index (χ1n) is 5.98. The van der Waals surface area contributed by atoms with Crippen molar-refractivity contribution in [1.82, 2.24) is 0 Å². The molecule has 2 rings (SSSR count). The average Bonchev–Trinajstić information content (AvgIpc) is 2.38. The predicted molar refractivity (Wildman–Crippen MR) is 76.7 cm³/mol. The van der Waals surface area contributed by atoms with Crippen molar-refractivity contribution in [1.29, 1.82) is 0 Å². The molecule has 0 amide bonds. The first kappa shape index (κ1) is 12.9. The highest BCUT2D eigenvalue weighted by Crippen LogP contribution is 2.12. The van der Waals surface area contributed by atoms with Crippen molar-refractivity contribution >= 4 is 17.5 Å². The molecular weight excluding hydrogens is 238 g/mol. The normalized spacial score (nSPS) is 10.7. The summed E-state index contributed by atoms with van der Waals surface area (Å²) in [6, 6.07) is 14.0. The van der Waals surface area contributed by atoms with Crippen LogP contribution < -0.4 is 5.73 Å². The summed E-state index contributed by atoms with van der Waals surface area (Å²) in [5, 5.41) is 9.32. The Balaban J connectivity index is 1.99. The van der Waals surface area contributed by atoms with E-state index in [1.807, 2.05) is 18.2 Å². The third kappa shape index (κ3) is 4.00. The van der Waals surface area contributed by atoms with E-state index in [0.717, 1.165) is 11.1 Å². The van der Waals surface area contributed by atoms with Gasteiger partial charge in [0.25, 0.3) is 0 Å². The molecule has 0 saturated carbocycles. The lowest BCUT2D eigenvalue weighted by molar-refractivity contribution is -0.113. The number of phenolic OH excluding ortho intramolecular Hbond substituents is 1. The van der Waals surface area contributed by atoms with Crippen LogP contribution in [0.5, 0.6) is 5.75 Å². The largest absolute Gasteiger partial charge is 0.508 e. The molecule has 0 aliphatic rings. The van der Waals surface area contributed by atoms with Gasteiger partial charge < -0.3 is 10.8 Å². The monoisotopic (exact) mass is 253 g/mol. The molecule has 0 aliphatic carbocycles. The molecule has 3 heteroatoms. The van der Waals surface area contributed by atoms with Gasteiger partial charge in [-0.25, -0.2) is 0 Å². The van der Waals surface area contributed by atoms with Crippen LogP contribution in [0.3, 0.4) is 0 Å². The summed E-state index contributed by atoms with van der Waals surface area (Å²) >= 11 is 0. The van der Waals surface area contributed by atoms with E-state index in [0.29, 0.717) is 5.69 Å². The molecule has 0 saturated heterocycles. The van der Waals surface area contributed by atoms with Gasteiger partial charge in [0, 0.05) is 12.1 Å². The lowest BCUT2D eigenvalue weighted by Gasteiger charge is -1.99. The number of anilines is 1. The number of hydrogen-bond donors (Lipinski definition) is 2. The molecule has 0 aromatic heterocycles. The van der Waals surface area contributed by atoms with Crippen LogP contribution in [0, 0.1) is 0 Å². The van der Waals surface area contributed by atoms with E-state index in [1.165, 1.54) is 6.08 Å². The van der Waals surface area contributed by atoms with Crippen LogP contribution in [-0.2, 0) is 11.2 Å². The van der Waals surface area contributed by atoms with Gasteiger partial charge in [-0.2, -0.15) is 0 Å². The van der Waals surface area contributed by atoms with Crippen molar-refractivity contribution in [2.24, 2.45) is 0 Å². The Kier molecular flexibility index (Phi) is 3.98. The predicted octanol–water partition coefficient (Wildman–Crippen LogP) is 2.80. The molecular formula is C16H15NO2. The molecule has 2 aromatic carbocycles. The number of nitrogen functional groups attached to an aromatic ring is 1. The summed E-state index contributed by atoms with van der Waals surface area (Å²) in [5.74, 6) is 0.162. The Hall–Kier alpha value is -2.55. The molecule has 0 aliphatic heterocycles. The van der Waals surface area contributed by atoms with E-state index in [9.17, 15) is 9.90 Å². The quantitative estimate of drug-likeness (QED) is 0.650. The fraction of sp³-hybridized carbons (Fsp3) is 0.0625. The van der Waals surface area contributed by atoms with Crippen LogP contribution in [0.2, 0.25) is 0 Å². The van der Waals surface area contributed by atoms with Crippen LogP contribution in [0.15, 0.2) is 54.6 Å². The van der Waals surface area contributed by atoms with Crippen LogP contribution in [0.1, 0.15) is 11.1 Å². The third-order valence-electron chi connectivity index (χ3n) is 2.69. The van der Waals surface area contributed by atoms with Crippen LogP contribution in [0.4, 0.5) is 5.69 Å². The highest BCUT2D eigenvalue weighted by atomic mass is 16.3. The second-order valence-corrected chi connectivity index (χ2v) is 4.31. The number of carbonyl (C=O) groups is 1. The SMILES string of the molecule is Nc1ccc(/C=C/C(=O)Cc2cccc(O)c2)cc1. The maximum Gasteiger partial charge on any atom is 0.160 e. The Bertz CT molecular complexity index is 600. The zero-order valence-corrected chi connectivity index (χ0v) is 10.4. The van der Waals surface area contributed by atoms with E-state index >= 15 is 0 Å². The standard InChI is InChI=1S/C16H15NO2/c17-14-7-4-12(5-8-14)6-9-16(19)11-13-2-1-3-15(18)10-13/h1-10,18H,11,17H2/b9-6+. The smallest absolute Gasteiger partial charge is 0.160 e. The lowest BCUT2D eigenvalue weighted by atomic mass is 10.1. The first-order chi connectivity index (χ1) is 9.13. The topological polar surface area (TPSA) is 63.3 Å². The molecule has 3 N–H and O–H groups in total. The number of carbonyl (C=O) groups excluding carboxylic acids is 1. The molecule has 0 atom stereocenters. The van der Waals surface area contributed by atoms with Crippen molar-refractivity contribution in [3.63, 3.8) is 0 Å². The van der Waals surface area contributed by atoms with Gasteiger partial charge in [-0.15, -0.1) is 0 Å². The Morgan fingerprint density at radius 2 is 1.89 bits per heavy atom. The maximum absolute atomic E-state index is 11.8. The number of rotatable bonds is 4. The van der Waals surface area contributed by atoms with Gasteiger partial charge in [0.15, 0.2) is 5.78 Å². The average molecular weight is 253 g/mol. The van der Waals surface area contributed by atoms with E-state index in [4.69, 9.17) is 5.73 Å². The second-order valence-electron chi connectivity index (χ2n) is 4.31. The minimum absolute atomic E-state index is 0.0116. The minimum atomic E-state index is -0.0116. The summed E-state index contributed by atoms with van der Waals surface area (Å²) < 4.78 is 0. The number of allylic oxidation sites excluding steroid dienone is 1. The summed E-state index contributed by atoms with van der Waals surface area (Å²) in [7, 11) is 0. The molecule has 0 unspecified atom stereocenters. The third-order valence-corrected chi connectivity index (χ3v) is 2.69. The van der Waals surface area contributed by atoms with Gasteiger partial charge in [0.05, 0.1) is 0 Å². The van der Waals surface area contributed by atoms with Crippen molar-refractivity contribution < 1.29 is 9.90 Å². The van der Waals surface area contributed by atoms with Gasteiger partial charge in [-0.05, 0) is 41.5 Å². The molecule has 3 nitrogen and oxygen atoms in total. The Morgan fingerprint density at radius 1 is 1.16 bits per heavy atom. The molecule has 96 valence electrons. The fourth-order valence-corrected chi connectivity index (χ4v) is 1.72. The molecule has 0 heterocycles. The number of ketones is 1. The van der Waals surface area contributed by atoms with E-state index in [-0.39, 0.29) is 18.0 Å². The van der Waals surface area contributed by atoms with Crippen molar-refractivity contribution in [2.45, 2.75) is 6.42 Å². The second kappa shape index (κ2) is 5.87. The molecule has 19 heavy (non-hydrogen) atoms. The zero-order chi connectivity index (χ0) is 13.7. The highest BCUT2D eigenvalue weighted by molar-refractivity contribution is 5.95. The van der Waals surface area contributed by atoms with Crippen LogP contribution in [0.25, 0.3) is 6.08 Å². The van der Waals surface area contributed by atoms with E-state index in [1.54, 1.807) is 36.4 Å². The fourth-order valence-electron chi connectivity index (χ4n) is 1.72. The van der Waals surface area contributed by atoms with E-state index < -0.39 is 0 Å². The highest BCUT2D eigenvalue weighted by Gasteiger charge is 2.00.